The van der Waals surface area contributed by atoms with Crippen LogP contribution in [-0.2, 0) is 6.17 Å². The summed E-state index contributed by atoms with van der Waals surface area (Å²) in [5, 5.41) is 4.12. The Labute approximate surface area is 213 Å². The first-order valence-corrected chi connectivity index (χ1v) is 13.8. The fraction of sp³-hybridized carbons (Fsp3) is 0.103. The van der Waals surface area contributed by atoms with Gasteiger partial charge in [0.25, 0.3) is 0 Å². The summed E-state index contributed by atoms with van der Waals surface area (Å²) in [5.74, 6) is -0.501. The molecule has 0 atom stereocenters. The molecule has 36 heavy (non-hydrogen) atoms. The van der Waals surface area contributed by atoms with E-state index in [1.54, 1.807) is 30.6 Å². The summed E-state index contributed by atoms with van der Waals surface area (Å²) in [6.45, 7) is 2.72. The second kappa shape index (κ2) is 12.7. The van der Waals surface area contributed by atoms with Crippen LogP contribution in [0.2, 0.25) is 6.82 Å². The summed E-state index contributed by atoms with van der Waals surface area (Å²) in [4.78, 5) is 3.94. The zero-order valence-electron chi connectivity index (χ0n) is 20.2. The van der Waals surface area contributed by atoms with Crippen molar-refractivity contribution in [2.24, 2.45) is 0 Å². The zero-order chi connectivity index (χ0) is 25.2. The molecule has 1 heterocycles. The molecule has 180 valence electrons. The monoisotopic (exact) mass is 495 g/mol. The second-order valence-corrected chi connectivity index (χ2v) is 10.5. The molecule has 0 aliphatic carbocycles. The predicted molar refractivity (Wildman–Crippen MR) is 147 cm³/mol. The lowest BCUT2D eigenvalue weighted by atomic mass is 9.43. The fourth-order valence-electron chi connectivity index (χ4n) is 4.20. The van der Waals surface area contributed by atoms with Gasteiger partial charge in [0.2, 0.25) is 6.71 Å². The van der Waals surface area contributed by atoms with Crippen molar-refractivity contribution in [2.75, 3.05) is 0 Å². The molecule has 1 aromatic heterocycles. The largest absolute Gasteiger partial charge is 0.257 e. The summed E-state index contributed by atoms with van der Waals surface area (Å²) >= 11 is 0. The Bertz CT molecular complexity index is 1220. The summed E-state index contributed by atoms with van der Waals surface area (Å²) in [5.41, 5.74) is 5.04. The molecule has 0 amide bonds. The van der Waals surface area contributed by atoms with Gasteiger partial charge in [-0.05, 0) is 40.9 Å². The summed E-state index contributed by atoms with van der Waals surface area (Å²) in [6, 6.07) is 34.3. The molecule has 4 aromatic carbocycles. The SMILES string of the molecule is CB(c1ccccc1)c1ccccc1.Fc1ccc(C([SiH2]Cn2cncn2)c2ccc(F)cc2)cc1. The highest BCUT2D eigenvalue weighted by atomic mass is 28.2. The molecular weight excluding hydrogens is 467 g/mol. The maximum absolute atomic E-state index is 13.2. The topological polar surface area (TPSA) is 30.7 Å². The average Bonchev–Trinajstić information content (AvgIpc) is 3.45. The molecule has 0 saturated heterocycles. The lowest BCUT2D eigenvalue weighted by molar-refractivity contribution is 0.626. The number of hydrogen-bond acceptors (Lipinski definition) is 2. The number of benzene rings is 4. The van der Waals surface area contributed by atoms with Gasteiger partial charge in [-0.25, -0.2) is 13.8 Å². The van der Waals surface area contributed by atoms with Crippen LogP contribution >= 0.6 is 0 Å². The number of aromatic nitrogens is 3. The van der Waals surface area contributed by atoms with Gasteiger partial charge in [0.1, 0.15) is 24.3 Å². The van der Waals surface area contributed by atoms with Crippen molar-refractivity contribution in [3.8, 4) is 0 Å². The van der Waals surface area contributed by atoms with E-state index < -0.39 is 9.52 Å². The predicted octanol–water partition coefficient (Wildman–Crippen LogP) is 4.40. The Morgan fingerprint density at radius 2 is 1.19 bits per heavy atom. The third-order valence-corrected chi connectivity index (χ3v) is 8.49. The van der Waals surface area contributed by atoms with Crippen molar-refractivity contribution in [1.29, 1.82) is 0 Å². The van der Waals surface area contributed by atoms with Crippen LogP contribution in [0.25, 0.3) is 0 Å². The van der Waals surface area contributed by atoms with E-state index in [2.05, 4.69) is 77.6 Å². The lowest BCUT2D eigenvalue weighted by Crippen LogP contribution is -2.38. The van der Waals surface area contributed by atoms with E-state index in [1.807, 2.05) is 4.68 Å². The van der Waals surface area contributed by atoms with Gasteiger partial charge < -0.3 is 0 Å². The first-order chi connectivity index (χ1) is 17.6. The first-order valence-electron chi connectivity index (χ1n) is 12.0. The van der Waals surface area contributed by atoms with Crippen molar-refractivity contribution >= 4 is 27.2 Å². The molecular formula is C29H28BF2N3Si. The normalized spacial score (nSPS) is 10.9. The Morgan fingerprint density at radius 3 is 1.61 bits per heavy atom. The van der Waals surface area contributed by atoms with Crippen molar-refractivity contribution in [3.05, 3.63) is 145 Å². The van der Waals surface area contributed by atoms with Gasteiger partial charge in [-0.2, -0.15) is 5.10 Å². The van der Waals surface area contributed by atoms with E-state index in [4.69, 9.17) is 0 Å². The minimum absolute atomic E-state index is 0.186. The summed E-state index contributed by atoms with van der Waals surface area (Å²) < 4.78 is 28.1. The molecule has 0 unspecified atom stereocenters. The van der Waals surface area contributed by atoms with Crippen LogP contribution in [0.1, 0.15) is 16.7 Å². The van der Waals surface area contributed by atoms with E-state index >= 15 is 0 Å². The third-order valence-electron chi connectivity index (χ3n) is 6.26. The molecule has 7 heteroatoms. The fourth-order valence-corrected chi connectivity index (χ4v) is 6.17. The Balaban J connectivity index is 0.000000187. The van der Waals surface area contributed by atoms with Crippen LogP contribution in [0, 0.1) is 11.6 Å². The number of hydrogen-bond donors (Lipinski definition) is 0. The van der Waals surface area contributed by atoms with Gasteiger partial charge in [0.05, 0.1) is 9.52 Å². The van der Waals surface area contributed by atoms with Crippen molar-refractivity contribution in [3.63, 3.8) is 0 Å². The molecule has 0 aliphatic rings. The minimum atomic E-state index is -0.649. The van der Waals surface area contributed by atoms with Crippen LogP contribution < -0.4 is 10.9 Å². The summed E-state index contributed by atoms with van der Waals surface area (Å²) in [7, 11) is -0.649. The van der Waals surface area contributed by atoms with Gasteiger partial charge >= 0.3 is 0 Å². The number of nitrogens with zero attached hydrogens (tertiary/aromatic N) is 3. The second-order valence-electron chi connectivity index (χ2n) is 8.65. The quantitative estimate of drug-likeness (QED) is 0.314. The minimum Gasteiger partial charge on any atom is -0.257 e. The van der Waals surface area contributed by atoms with Gasteiger partial charge in [0, 0.05) is 6.17 Å². The number of rotatable bonds is 7. The van der Waals surface area contributed by atoms with E-state index in [1.165, 1.54) is 41.5 Å². The maximum atomic E-state index is 13.2. The molecule has 0 spiro atoms. The Hall–Kier alpha value is -3.84. The van der Waals surface area contributed by atoms with Crippen LogP contribution in [0.3, 0.4) is 0 Å². The zero-order valence-corrected chi connectivity index (χ0v) is 21.6. The van der Waals surface area contributed by atoms with Gasteiger partial charge in [-0.3, -0.25) is 4.68 Å². The van der Waals surface area contributed by atoms with Crippen LogP contribution in [-0.4, -0.2) is 31.0 Å². The molecule has 0 aliphatic heterocycles. The van der Waals surface area contributed by atoms with Gasteiger partial charge in [-0.1, -0.05) is 103 Å². The highest BCUT2D eigenvalue weighted by Gasteiger charge is 2.15. The molecule has 5 aromatic rings. The lowest BCUT2D eigenvalue weighted by Gasteiger charge is -2.17. The molecule has 0 N–H and O–H groups in total. The highest BCUT2D eigenvalue weighted by Crippen LogP contribution is 2.24. The Kier molecular flexibility index (Phi) is 8.94. The summed E-state index contributed by atoms with van der Waals surface area (Å²) in [6.07, 6.45) is 4.03. The van der Waals surface area contributed by atoms with Crippen molar-refractivity contribution in [2.45, 2.75) is 18.5 Å². The molecule has 3 nitrogen and oxygen atoms in total. The van der Waals surface area contributed by atoms with E-state index in [0.717, 1.165) is 17.3 Å². The Morgan fingerprint density at radius 1 is 0.722 bits per heavy atom. The maximum Gasteiger partial charge on any atom is 0.206 e. The molecule has 0 bridgehead atoms. The van der Waals surface area contributed by atoms with Crippen LogP contribution in [0.15, 0.2) is 122 Å². The van der Waals surface area contributed by atoms with E-state index in [0.29, 0.717) is 6.71 Å². The van der Waals surface area contributed by atoms with Gasteiger partial charge in [-0.15, -0.1) is 0 Å². The van der Waals surface area contributed by atoms with Crippen LogP contribution in [0.5, 0.6) is 0 Å². The molecule has 0 fully saturated rings. The molecule has 5 rings (SSSR count). The smallest absolute Gasteiger partial charge is 0.206 e. The average molecular weight is 495 g/mol. The molecule has 0 saturated carbocycles. The first kappa shape index (κ1) is 25.3. The van der Waals surface area contributed by atoms with Crippen molar-refractivity contribution in [1.82, 2.24) is 14.8 Å². The molecule has 0 radical (unpaired) electrons. The van der Waals surface area contributed by atoms with Crippen molar-refractivity contribution < 1.29 is 8.78 Å². The standard InChI is InChI=1S/C16H15F2N3Si.C13H13B/c17-14-5-1-12(2-6-14)16(13-3-7-15(18)8-4-13)22-11-21-10-19-9-20-21;1-14(12-8-4-2-5-9-12)13-10-6-3-7-11-13/h1-10,16H,11,22H2;2-11H,1H3. The van der Waals surface area contributed by atoms with E-state index in [-0.39, 0.29) is 17.2 Å². The van der Waals surface area contributed by atoms with Crippen LogP contribution in [0.4, 0.5) is 8.78 Å². The third kappa shape index (κ3) is 7.09. The van der Waals surface area contributed by atoms with E-state index in [9.17, 15) is 8.78 Å². The van der Waals surface area contributed by atoms with Gasteiger partial charge in [0.15, 0.2) is 0 Å². The number of halogens is 2. The highest BCUT2D eigenvalue weighted by molar-refractivity contribution is 6.84.